The molecule has 0 aliphatic carbocycles. The van der Waals surface area contributed by atoms with Gasteiger partial charge in [0.1, 0.15) is 17.2 Å². The van der Waals surface area contributed by atoms with E-state index < -0.39 is 41.3 Å². The maximum atomic E-state index is 12.8. The Morgan fingerprint density at radius 1 is 0.769 bits per heavy atom. The van der Waals surface area contributed by atoms with Crippen molar-refractivity contribution in [2.24, 2.45) is 0 Å². The first-order valence-corrected chi connectivity index (χ1v) is 13.2. The fourth-order valence-corrected chi connectivity index (χ4v) is 3.38. The maximum Gasteiger partial charge on any atom is 0.329 e. The summed E-state index contributed by atoms with van der Waals surface area (Å²) in [6, 6.07) is 6.06. The van der Waals surface area contributed by atoms with Crippen LogP contribution in [-0.4, -0.2) is 59.6 Å². The summed E-state index contributed by atoms with van der Waals surface area (Å²) in [7, 11) is 0. The summed E-state index contributed by atoms with van der Waals surface area (Å²) in [4.78, 5) is 61.6. The summed E-state index contributed by atoms with van der Waals surface area (Å²) < 4.78 is 10.7. The highest BCUT2D eigenvalue weighted by molar-refractivity contribution is 5.90. The zero-order chi connectivity index (χ0) is 29.6. The van der Waals surface area contributed by atoms with Crippen LogP contribution in [0, 0.1) is 0 Å². The van der Waals surface area contributed by atoms with Crippen LogP contribution in [-0.2, 0) is 23.9 Å². The molecule has 0 aromatic heterocycles. The molecule has 0 saturated carbocycles. The third kappa shape index (κ3) is 16.0. The van der Waals surface area contributed by atoms with Crippen molar-refractivity contribution in [2.75, 3.05) is 11.9 Å². The molecule has 0 radical (unpaired) electrons. The molecule has 1 rings (SSSR count). The van der Waals surface area contributed by atoms with Crippen molar-refractivity contribution in [1.29, 1.82) is 0 Å². The number of unbranched alkanes of at least 4 members (excludes halogenated alkanes) is 1. The van der Waals surface area contributed by atoms with E-state index in [0.717, 1.165) is 0 Å². The second-order valence-electron chi connectivity index (χ2n) is 11.2. The van der Waals surface area contributed by atoms with E-state index in [1.165, 1.54) is 6.92 Å². The van der Waals surface area contributed by atoms with Gasteiger partial charge in [-0.1, -0.05) is 18.2 Å². The number of urea groups is 2. The normalized spacial score (nSPS) is 12.9. The molecule has 0 heterocycles. The van der Waals surface area contributed by atoms with Gasteiger partial charge in [-0.05, 0) is 86.3 Å². The van der Waals surface area contributed by atoms with Crippen molar-refractivity contribution in [2.45, 2.75) is 104 Å². The Balaban J connectivity index is 2.63. The Morgan fingerprint density at radius 2 is 1.36 bits per heavy atom. The topological polar surface area (TPSA) is 152 Å². The molecule has 218 valence electrons. The Kier molecular flexibility index (Phi) is 13.4. The summed E-state index contributed by atoms with van der Waals surface area (Å²) in [6.07, 6.45) is 1.32. The number of benzene rings is 1. The molecule has 11 heteroatoms. The number of anilines is 1. The zero-order valence-corrected chi connectivity index (χ0v) is 24.1. The average molecular weight is 549 g/mol. The van der Waals surface area contributed by atoms with E-state index in [9.17, 15) is 24.0 Å². The van der Waals surface area contributed by atoms with Crippen molar-refractivity contribution in [3.8, 4) is 0 Å². The predicted molar refractivity (Wildman–Crippen MR) is 148 cm³/mol. The first kappa shape index (κ1) is 33.4. The molecule has 1 aromatic carbocycles. The monoisotopic (exact) mass is 548 g/mol. The van der Waals surface area contributed by atoms with Crippen LogP contribution in [0.1, 0.15) is 80.6 Å². The molecule has 11 nitrogen and oxygen atoms in total. The highest BCUT2D eigenvalue weighted by atomic mass is 16.6. The van der Waals surface area contributed by atoms with Crippen LogP contribution in [0.5, 0.6) is 0 Å². The van der Waals surface area contributed by atoms with Gasteiger partial charge in [-0.15, -0.1) is 0 Å². The van der Waals surface area contributed by atoms with Gasteiger partial charge >= 0.3 is 24.0 Å². The van der Waals surface area contributed by atoms with Crippen LogP contribution < -0.4 is 21.3 Å². The Morgan fingerprint density at radius 3 is 1.92 bits per heavy atom. The molecular formula is C28H44N4O7. The van der Waals surface area contributed by atoms with Crippen molar-refractivity contribution in [3.63, 3.8) is 0 Å². The van der Waals surface area contributed by atoms with Gasteiger partial charge in [-0.2, -0.15) is 0 Å². The molecule has 4 amide bonds. The molecule has 2 unspecified atom stereocenters. The van der Waals surface area contributed by atoms with Crippen LogP contribution in [0.2, 0.25) is 0 Å². The summed E-state index contributed by atoms with van der Waals surface area (Å²) in [5, 5.41) is 10.6. The van der Waals surface area contributed by atoms with E-state index in [4.69, 9.17) is 9.47 Å². The first-order chi connectivity index (χ1) is 18.1. The van der Waals surface area contributed by atoms with Gasteiger partial charge in [0.15, 0.2) is 5.78 Å². The molecule has 2 atom stereocenters. The van der Waals surface area contributed by atoms with E-state index in [0.29, 0.717) is 25.1 Å². The smallest absolute Gasteiger partial charge is 0.329 e. The minimum atomic E-state index is -0.971. The second kappa shape index (κ2) is 15.7. The SMILES string of the molecule is CC(=O)C(CCC(=O)OC(C)(C)C)NC(=O)NC(CCCCNC(=O)Nc1ccccc1)C(=O)OC(C)(C)C. The number of rotatable bonds is 13. The number of carbonyl (C=O) groups is 5. The lowest BCUT2D eigenvalue weighted by Crippen LogP contribution is -2.52. The number of para-hydroxylation sites is 1. The van der Waals surface area contributed by atoms with E-state index in [1.54, 1.807) is 53.7 Å². The number of esters is 2. The van der Waals surface area contributed by atoms with Crippen LogP contribution in [0.15, 0.2) is 30.3 Å². The molecule has 0 spiro atoms. The van der Waals surface area contributed by atoms with Gasteiger partial charge in [-0.3, -0.25) is 9.59 Å². The third-order valence-electron chi connectivity index (χ3n) is 5.09. The molecule has 0 saturated heterocycles. The fourth-order valence-electron chi connectivity index (χ4n) is 3.38. The summed E-state index contributed by atoms with van der Waals surface area (Å²) in [5.74, 6) is -1.42. The third-order valence-corrected chi connectivity index (χ3v) is 5.09. The highest BCUT2D eigenvalue weighted by Gasteiger charge is 2.28. The Labute approximate surface area is 231 Å². The van der Waals surface area contributed by atoms with Gasteiger partial charge in [0.05, 0.1) is 6.04 Å². The fraction of sp³-hybridized carbons (Fsp3) is 0.607. The zero-order valence-electron chi connectivity index (χ0n) is 24.1. The van der Waals surface area contributed by atoms with Crippen molar-refractivity contribution < 1.29 is 33.4 Å². The molecular weight excluding hydrogens is 504 g/mol. The average Bonchev–Trinajstić information content (AvgIpc) is 2.79. The highest BCUT2D eigenvalue weighted by Crippen LogP contribution is 2.13. The van der Waals surface area contributed by atoms with E-state index in [2.05, 4.69) is 21.3 Å². The van der Waals surface area contributed by atoms with Crippen molar-refractivity contribution in [1.82, 2.24) is 16.0 Å². The first-order valence-electron chi connectivity index (χ1n) is 13.2. The quantitative estimate of drug-likeness (QED) is 0.214. The van der Waals surface area contributed by atoms with Crippen LogP contribution in [0.4, 0.5) is 15.3 Å². The molecule has 0 bridgehead atoms. The number of ether oxygens (including phenoxy) is 2. The standard InChI is InChI=1S/C28H44N4O7/c1-19(33)21(16-17-23(34)38-27(2,3)4)31-26(37)32-22(24(35)39-28(5,6)7)15-11-12-18-29-25(36)30-20-13-9-8-10-14-20/h8-10,13-14,21-22H,11-12,15-18H2,1-7H3,(H2,29,30,36)(H2,31,32,37). The van der Waals surface area contributed by atoms with Crippen molar-refractivity contribution >= 4 is 35.5 Å². The van der Waals surface area contributed by atoms with Gasteiger partial charge in [0.2, 0.25) is 0 Å². The van der Waals surface area contributed by atoms with Crippen LogP contribution in [0.25, 0.3) is 0 Å². The number of hydrogen-bond acceptors (Lipinski definition) is 7. The van der Waals surface area contributed by atoms with E-state index in [-0.39, 0.29) is 31.1 Å². The van der Waals surface area contributed by atoms with Gasteiger partial charge in [0, 0.05) is 18.7 Å². The lowest BCUT2D eigenvalue weighted by Gasteiger charge is -2.25. The maximum absolute atomic E-state index is 12.8. The Hall–Kier alpha value is -3.63. The predicted octanol–water partition coefficient (Wildman–Crippen LogP) is 4.07. The van der Waals surface area contributed by atoms with E-state index in [1.807, 2.05) is 18.2 Å². The minimum Gasteiger partial charge on any atom is -0.460 e. The summed E-state index contributed by atoms with van der Waals surface area (Å²) in [6.45, 7) is 12.1. The number of ketones is 1. The molecule has 0 aliphatic rings. The number of Topliss-reactive ketones (excluding diaryl/α,β-unsaturated/α-hetero) is 1. The van der Waals surface area contributed by atoms with Gasteiger partial charge in [0.25, 0.3) is 0 Å². The number of hydrogen-bond donors (Lipinski definition) is 4. The van der Waals surface area contributed by atoms with Crippen LogP contribution in [0.3, 0.4) is 0 Å². The minimum absolute atomic E-state index is 0.0534. The lowest BCUT2D eigenvalue weighted by molar-refractivity contribution is -0.157. The largest absolute Gasteiger partial charge is 0.460 e. The number of carbonyl (C=O) groups excluding carboxylic acids is 5. The molecule has 39 heavy (non-hydrogen) atoms. The lowest BCUT2D eigenvalue weighted by atomic mass is 10.1. The molecule has 0 aliphatic heterocycles. The van der Waals surface area contributed by atoms with Gasteiger partial charge < -0.3 is 30.7 Å². The van der Waals surface area contributed by atoms with Gasteiger partial charge in [-0.25, -0.2) is 14.4 Å². The Bertz CT molecular complexity index is 968. The molecule has 0 fully saturated rings. The number of amides is 4. The molecule has 1 aromatic rings. The van der Waals surface area contributed by atoms with E-state index >= 15 is 0 Å². The second-order valence-corrected chi connectivity index (χ2v) is 11.2. The summed E-state index contributed by atoms with van der Waals surface area (Å²) in [5.41, 5.74) is -0.750. The van der Waals surface area contributed by atoms with Crippen molar-refractivity contribution in [3.05, 3.63) is 30.3 Å². The molecule has 4 N–H and O–H groups in total. The summed E-state index contributed by atoms with van der Waals surface area (Å²) >= 11 is 0. The van der Waals surface area contributed by atoms with Crippen LogP contribution >= 0.6 is 0 Å². The number of nitrogens with one attached hydrogen (secondary N) is 4.